The van der Waals surface area contributed by atoms with Crippen molar-refractivity contribution in [1.82, 2.24) is 0 Å². The normalized spacial score (nSPS) is 11.2. The van der Waals surface area contributed by atoms with E-state index in [-0.39, 0.29) is 0 Å². The van der Waals surface area contributed by atoms with Gasteiger partial charge in [-0.15, -0.1) is 11.8 Å². The zero-order chi connectivity index (χ0) is 25.8. The standard InChI is InChI=1S/C22H14F7N3O2S/c23-16-15(22(27,28)29)17(24)19(26)20(18(16)25)32-14(33)10-35-13-8-6-12(7-9-13)31-21(34)30-11-4-2-1-3-5-11/h1-9H,10H2,(H,32,33)(H2,30,31,34). The van der Waals surface area contributed by atoms with Crippen molar-refractivity contribution in [2.45, 2.75) is 11.1 Å². The van der Waals surface area contributed by atoms with E-state index in [1.54, 1.807) is 35.6 Å². The molecule has 184 valence electrons. The fourth-order valence-corrected chi connectivity index (χ4v) is 3.46. The first-order chi connectivity index (χ1) is 16.5. The van der Waals surface area contributed by atoms with E-state index in [0.29, 0.717) is 16.3 Å². The Morgan fingerprint density at radius 1 is 0.714 bits per heavy atom. The van der Waals surface area contributed by atoms with Gasteiger partial charge in [0.1, 0.15) is 11.3 Å². The third kappa shape index (κ3) is 6.44. The Hall–Kier alpha value is -3.74. The average molecular weight is 517 g/mol. The van der Waals surface area contributed by atoms with E-state index in [1.807, 2.05) is 0 Å². The number of amides is 3. The van der Waals surface area contributed by atoms with E-state index < -0.39 is 58.4 Å². The Morgan fingerprint density at radius 3 is 1.74 bits per heavy atom. The first-order valence-electron chi connectivity index (χ1n) is 9.56. The van der Waals surface area contributed by atoms with E-state index in [0.717, 1.165) is 11.8 Å². The van der Waals surface area contributed by atoms with Crippen LogP contribution in [-0.2, 0) is 11.0 Å². The molecule has 0 spiro atoms. The zero-order valence-electron chi connectivity index (χ0n) is 17.3. The average Bonchev–Trinajstić information content (AvgIpc) is 2.80. The fraction of sp³-hybridized carbons (Fsp3) is 0.0909. The van der Waals surface area contributed by atoms with Crippen molar-refractivity contribution < 1.29 is 40.3 Å². The number of anilines is 3. The maximum Gasteiger partial charge on any atom is 0.422 e. The van der Waals surface area contributed by atoms with Crippen LogP contribution in [0.25, 0.3) is 0 Å². The Kier molecular flexibility index (Phi) is 7.89. The third-order valence-corrected chi connectivity index (χ3v) is 5.34. The summed E-state index contributed by atoms with van der Waals surface area (Å²) in [6.45, 7) is 0. The van der Waals surface area contributed by atoms with Crippen molar-refractivity contribution in [3.63, 3.8) is 0 Å². The molecule has 0 atom stereocenters. The summed E-state index contributed by atoms with van der Waals surface area (Å²) in [6, 6.07) is 14.2. The fourth-order valence-electron chi connectivity index (χ4n) is 2.76. The van der Waals surface area contributed by atoms with Crippen molar-refractivity contribution in [2.75, 3.05) is 21.7 Å². The van der Waals surface area contributed by atoms with Crippen LogP contribution < -0.4 is 16.0 Å². The maximum atomic E-state index is 13.9. The Labute approximate surface area is 197 Å². The van der Waals surface area contributed by atoms with Gasteiger partial charge in [0.25, 0.3) is 0 Å². The first-order valence-corrected chi connectivity index (χ1v) is 10.5. The minimum Gasteiger partial charge on any atom is -0.320 e. The van der Waals surface area contributed by atoms with E-state index >= 15 is 0 Å². The molecule has 3 rings (SSSR count). The number of carbonyl (C=O) groups excluding carboxylic acids is 2. The minimum absolute atomic E-state index is 0.409. The van der Waals surface area contributed by atoms with Crippen LogP contribution in [0.3, 0.4) is 0 Å². The van der Waals surface area contributed by atoms with Gasteiger partial charge in [-0.25, -0.2) is 22.4 Å². The molecule has 13 heteroatoms. The van der Waals surface area contributed by atoms with E-state index in [1.165, 1.54) is 24.3 Å². The second-order valence-corrected chi connectivity index (χ2v) is 7.86. The van der Waals surface area contributed by atoms with Crippen LogP contribution in [0.15, 0.2) is 59.5 Å². The van der Waals surface area contributed by atoms with Gasteiger partial charge in [-0.05, 0) is 36.4 Å². The van der Waals surface area contributed by atoms with Gasteiger partial charge in [-0.2, -0.15) is 13.2 Å². The lowest BCUT2D eigenvalue weighted by atomic mass is 10.1. The summed E-state index contributed by atoms with van der Waals surface area (Å²) >= 11 is 0.853. The summed E-state index contributed by atoms with van der Waals surface area (Å²) < 4.78 is 93.0. The van der Waals surface area contributed by atoms with Gasteiger partial charge in [0.05, 0.1) is 5.75 Å². The number of halogens is 7. The number of hydrogen-bond acceptors (Lipinski definition) is 3. The largest absolute Gasteiger partial charge is 0.422 e. The molecule has 0 saturated heterocycles. The predicted octanol–water partition coefficient (Wildman–Crippen LogP) is 6.64. The van der Waals surface area contributed by atoms with Crippen molar-refractivity contribution in [1.29, 1.82) is 0 Å². The van der Waals surface area contributed by atoms with Gasteiger partial charge in [0.15, 0.2) is 23.3 Å². The number of benzene rings is 3. The van der Waals surface area contributed by atoms with Crippen LogP contribution in [0, 0.1) is 23.3 Å². The highest BCUT2D eigenvalue weighted by Gasteiger charge is 2.42. The van der Waals surface area contributed by atoms with Gasteiger partial charge in [-0.3, -0.25) is 4.79 Å². The highest BCUT2D eigenvalue weighted by molar-refractivity contribution is 8.00. The van der Waals surface area contributed by atoms with Gasteiger partial charge >= 0.3 is 12.2 Å². The molecule has 0 aliphatic rings. The summed E-state index contributed by atoms with van der Waals surface area (Å²) in [4.78, 5) is 24.4. The second-order valence-electron chi connectivity index (χ2n) is 6.81. The topological polar surface area (TPSA) is 70.2 Å². The molecule has 0 radical (unpaired) electrons. The summed E-state index contributed by atoms with van der Waals surface area (Å²) in [5.41, 5.74) is -3.41. The summed E-state index contributed by atoms with van der Waals surface area (Å²) in [7, 11) is 0. The SMILES string of the molecule is O=C(CSc1ccc(NC(=O)Nc2ccccc2)cc1)Nc1c(F)c(F)c(C(F)(F)F)c(F)c1F. The molecule has 0 heterocycles. The molecule has 0 bridgehead atoms. The highest BCUT2D eigenvalue weighted by Crippen LogP contribution is 2.38. The number of rotatable bonds is 6. The molecule has 3 aromatic carbocycles. The third-order valence-electron chi connectivity index (χ3n) is 4.33. The summed E-state index contributed by atoms with van der Waals surface area (Å²) in [5.74, 6) is -11.7. The molecular weight excluding hydrogens is 503 g/mol. The van der Waals surface area contributed by atoms with Crippen LogP contribution in [0.2, 0.25) is 0 Å². The van der Waals surface area contributed by atoms with Crippen molar-refractivity contribution in [3.8, 4) is 0 Å². The molecule has 0 aliphatic carbocycles. The van der Waals surface area contributed by atoms with Crippen LogP contribution in [0.4, 0.5) is 52.6 Å². The van der Waals surface area contributed by atoms with Crippen molar-refractivity contribution in [3.05, 3.63) is 83.4 Å². The molecule has 0 fully saturated rings. The van der Waals surface area contributed by atoms with Gasteiger partial charge in [0, 0.05) is 16.3 Å². The van der Waals surface area contributed by atoms with E-state index in [2.05, 4.69) is 10.6 Å². The number of hydrogen-bond donors (Lipinski definition) is 3. The van der Waals surface area contributed by atoms with Crippen molar-refractivity contribution >= 4 is 40.8 Å². The number of urea groups is 1. The number of carbonyl (C=O) groups is 2. The first kappa shape index (κ1) is 25.9. The maximum absolute atomic E-state index is 13.9. The van der Waals surface area contributed by atoms with Crippen LogP contribution >= 0.6 is 11.8 Å². The lowest BCUT2D eigenvalue weighted by Gasteiger charge is -2.14. The molecule has 0 aromatic heterocycles. The molecule has 3 N–H and O–H groups in total. The lowest BCUT2D eigenvalue weighted by Crippen LogP contribution is -2.21. The van der Waals surface area contributed by atoms with Crippen LogP contribution in [0.5, 0.6) is 0 Å². The molecule has 3 aromatic rings. The Balaban J connectivity index is 1.59. The van der Waals surface area contributed by atoms with Crippen LogP contribution in [-0.4, -0.2) is 17.7 Å². The second kappa shape index (κ2) is 10.7. The molecule has 0 aliphatic heterocycles. The van der Waals surface area contributed by atoms with Crippen molar-refractivity contribution in [2.24, 2.45) is 0 Å². The Morgan fingerprint density at radius 2 is 1.23 bits per heavy atom. The highest BCUT2D eigenvalue weighted by atomic mass is 32.2. The van der Waals surface area contributed by atoms with E-state index in [4.69, 9.17) is 0 Å². The predicted molar refractivity (Wildman–Crippen MR) is 116 cm³/mol. The zero-order valence-corrected chi connectivity index (χ0v) is 18.1. The molecule has 0 unspecified atom stereocenters. The van der Waals surface area contributed by atoms with Gasteiger partial charge in [0.2, 0.25) is 5.91 Å². The molecule has 5 nitrogen and oxygen atoms in total. The number of para-hydroxylation sites is 1. The van der Waals surface area contributed by atoms with Crippen LogP contribution in [0.1, 0.15) is 5.56 Å². The molecule has 0 saturated carbocycles. The number of nitrogens with one attached hydrogen (secondary N) is 3. The number of thioether (sulfide) groups is 1. The monoisotopic (exact) mass is 517 g/mol. The lowest BCUT2D eigenvalue weighted by molar-refractivity contribution is -0.143. The van der Waals surface area contributed by atoms with Gasteiger partial charge in [-0.1, -0.05) is 18.2 Å². The molecular formula is C22H14F7N3O2S. The van der Waals surface area contributed by atoms with E-state index in [9.17, 15) is 40.3 Å². The quantitative estimate of drug-likeness (QED) is 0.195. The molecule has 35 heavy (non-hydrogen) atoms. The molecule has 3 amide bonds. The Bertz CT molecular complexity index is 1210. The summed E-state index contributed by atoms with van der Waals surface area (Å²) in [6.07, 6.45) is -5.68. The number of alkyl halides is 3. The smallest absolute Gasteiger partial charge is 0.320 e. The minimum atomic E-state index is -5.68. The summed E-state index contributed by atoms with van der Waals surface area (Å²) in [5, 5.41) is 6.74. The van der Waals surface area contributed by atoms with Gasteiger partial charge < -0.3 is 16.0 Å².